The highest BCUT2D eigenvalue weighted by atomic mass is 32.2. The molecule has 0 bridgehead atoms. The predicted molar refractivity (Wildman–Crippen MR) is 118 cm³/mol. The molecule has 3 heterocycles. The van der Waals surface area contributed by atoms with Crippen molar-refractivity contribution in [2.24, 2.45) is 0 Å². The van der Waals surface area contributed by atoms with Gasteiger partial charge >= 0.3 is 0 Å². The third-order valence-corrected chi connectivity index (χ3v) is 7.05. The SMILES string of the molecule is CC(C)(C)c1nc(CNC(=O)CCSCc2nc3sc4c(c3c(=O)[nH]2)CCC4)no1. The first kappa shape index (κ1) is 21.0. The lowest BCUT2D eigenvalue weighted by molar-refractivity contribution is -0.120. The van der Waals surface area contributed by atoms with Gasteiger partial charge in [-0.3, -0.25) is 9.59 Å². The van der Waals surface area contributed by atoms with Crippen LogP contribution in [0.25, 0.3) is 10.2 Å². The number of aryl methyl sites for hydroxylation is 2. The second kappa shape index (κ2) is 8.50. The second-order valence-corrected chi connectivity index (χ2v) is 10.6. The number of hydrogen-bond donors (Lipinski definition) is 2. The van der Waals surface area contributed by atoms with Crippen molar-refractivity contribution in [2.45, 2.75) is 64.2 Å². The first-order chi connectivity index (χ1) is 14.3. The van der Waals surface area contributed by atoms with E-state index in [9.17, 15) is 9.59 Å². The van der Waals surface area contributed by atoms with Gasteiger partial charge in [0.15, 0.2) is 5.82 Å². The summed E-state index contributed by atoms with van der Waals surface area (Å²) in [5, 5.41) is 7.48. The maximum atomic E-state index is 12.5. The summed E-state index contributed by atoms with van der Waals surface area (Å²) in [6.45, 7) is 6.22. The number of rotatable bonds is 7. The van der Waals surface area contributed by atoms with Crippen LogP contribution in [-0.2, 0) is 35.3 Å². The molecule has 0 unspecified atom stereocenters. The van der Waals surface area contributed by atoms with Crippen molar-refractivity contribution >= 4 is 39.2 Å². The maximum absolute atomic E-state index is 12.5. The molecule has 1 amide bonds. The Morgan fingerprint density at radius 3 is 2.90 bits per heavy atom. The zero-order chi connectivity index (χ0) is 21.3. The van der Waals surface area contributed by atoms with E-state index in [1.54, 1.807) is 23.1 Å². The third-order valence-electron chi connectivity index (χ3n) is 4.89. The van der Waals surface area contributed by atoms with E-state index in [2.05, 4.69) is 25.4 Å². The Morgan fingerprint density at radius 2 is 2.13 bits per heavy atom. The molecule has 30 heavy (non-hydrogen) atoms. The second-order valence-electron chi connectivity index (χ2n) is 8.40. The van der Waals surface area contributed by atoms with Crippen LogP contribution in [0.1, 0.15) is 61.6 Å². The minimum atomic E-state index is -0.215. The Bertz CT molecular complexity index is 1130. The lowest BCUT2D eigenvalue weighted by atomic mass is 9.97. The molecule has 3 aromatic rings. The van der Waals surface area contributed by atoms with E-state index >= 15 is 0 Å². The van der Waals surface area contributed by atoms with Crippen LogP contribution in [0.3, 0.4) is 0 Å². The maximum Gasteiger partial charge on any atom is 0.259 e. The number of thiophene rings is 1. The molecular weight excluding hydrogens is 422 g/mol. The number of fused-ring (bicyclic) bond motifs is 3. The fraction of sp³-hybridized carbons (Fsp3) is 0.550. The number of carbonyl (C=O) groups excluding carboxylic acids is 1. The lowest BCUT2D eigenvalue weighted by Gasteiger charge is -2.10. The van der Waals surface area contributed by atoms with E-state index in [1.165, 1.54) is 10.4 Å². The van der Waals surface area contributed by atoms with Crippen LogP contribution in [0.4, 0.5) is 0 Å². The average Bonchev–Trinajstić information content (AvgIpc) is 3.38. The Morgan fingerprint density at radius 1 is 1.30 bits per heavy atom. The number of nitrogens with zero attached hydrogens (tertiary/aromatic N) is 3. The van der Waals surface area contributed by atoms with Gasteiger partial charge in [0, 0.05) is 22.5 Å². The molecule has 4 rings (SSSR count). The molecule has 8 nitrogen and oxygen atoms in total. The summed E-state index contributed by atoms with van der Waals surface area (Å²) in [6.07, 6.45) is 3.52. The number of amides is 1. The average molecular weight is 448 g/mol. The molecule has 0 aliphatic heterocycles. The first-order valence-electron chi connectivity index (χ1n) is 10.0. The zero-order valence-electron chi connectivity index (χ0n) is 17.3. The number of aromatic amines is 1. The number of H-pyrrole nitrogens is 1. The van der Waals surface area contributed by atoms with Crippen LogP contribution >= 0.6 is 23.1 Å². The van der Waals surface area contributed by atoms with Gasteiger partial charge in [-0.1, -0.05) is 25.9 Å². The van der Waals surface area contributed by atoms with Crippen molar-refractivity contribution < 1.29 is 9.32 Å². The number of thioether (sulfide) groups is 1. The van der Waals surface area contributed by atoms with Gasteiger partial charge < -0.3 is 14.8 Å². The summed E-state index contributed by atoms with van der Waals surface area (Å²) in [6, 6.07) is 0. The van der Waals surface area contributed by atoms with Gasteiger partial charge in [0.25, 0.3) is 5.56 Å². The fourth-order valence-electron chi connectivity index (χ4n) is 3.35. The molecule has 0 spiro atoms. The van der Waals surface area contributed by atoms with Gasteiger partial charge in [-0.15, -0.1) is 11.3 Å². The number of carbonyl (C=O) groups is 1. The van der Waals surface area contributed by atoms with Crippen molar-refractivity contribution in [1.82, 2.24) is 25.4 Å². The summed E-state index contributed by atoms with van der Waals surface area (Å²) in [4.78, 5) is 38.5. The molecule has 0 fully saturated rings. The highest BCUT2D eigenvalue weighted by Gasteiger charge is 2.22. The number of hydrogen-bond acceptors (Lipinski definition) is 8. The van der Waals surface area contributed by atoms with Gasteiger partial charge in [0.1, 0.15) is 10.7 Å². The summed E-state index contributed by atoms with van der Waals surface area (Å²) in [5.74, 6) is 2.82. The minimum Gasteiger partial charge on any atom is -0.349 e. The standard InChI is InChI=1S/C20H25N5O3S2/c1-20(2,3)19-24-13(25-28-19)9-21-15(26)7-8-29-10-14-22-17(27)16-11-5-4-6-12(11)30-18(16)23-14/h4-10H2,1-3H3,(H,21,26)(H,22,23,27). The Labute approximate surface area is 182 Å². The highest BCUT2D eigenvalue weighted by Crippen LogP contribution is 2.34. The number of nitrogens with one attached hydrogen (secondary N) is 2. The normalized spacial score (nSPS) is 13.7. The van der Waals surface area contributed by atoms with Gasteiger partial charge in [0.2, 0.25) is 11.8 Å². The van der Waals surface area contributed by atoms with Gasteiger partial charge in [0.05, 0.1) is 17.7 Å². The molecule has 0 aromatic carbocycles. The Hall–Kier alpha value is -2.20. The summed E-state index contributed by atoms with van der Waals surface area (Å²) in [7, 11) is 0. The van der Waals surface area contributed by atoms with Crippen molar-refractivity contribution in [3.8, 4) is 0 Å². The minimum absolute atomic E-state index is 0.0394. The molecule has 10 heteroatoms. The Kier molecular flexibility index (Phi) is 5.97. The summed E-state index contributed by atoms with van der Waals surface area (Å²) in [5.41, 5.74) is 0.936. The predicted octanol–water partition coefficient (Wildman–Crippen LogP) is 3.09. The van der Waals surface area contributed by atoms with E-state index in [1.807, 2.05) is 20.8 Å². The smallest absolute Gasteiger partial charge is 0.259 e. The summed E-state index contributed by atoms with van der Waals surface area (Å²) < 4.78 is 5.22. The molecule has 3 aromatic heterocycles. The topological polar surface area (TPSA) is 114 Å². The van der Waals surface area contributed by atoms with Crippen molar-refractivity contribution in [3.63, 3.8) is 0 Å². The molecule has 0 saturated heterocycles. The van der Waals surface area contributed by atoms with Crippen LogP contribution in [0.5, 0.6) is 0 Å². The van der Waals surface area contributed by atoms with E-state index in [0.29, 0.717) is 35.5 Å². The van der Waals surface area contributed by atoms with Crippen molar-refractivity contribution in [1.29, 1.82) is 0 Å². The van der Waals surface area contributed by atoms with Gasteiger partial charge in [-0.05, 0) is 24.8 Å². The zero-order valence-corrected chi connectivity index (χ0v) is 19.0. The van der Waals surface area contributed by atoms with Crippen LogP contribution in [0.2, 0.25) is 0 Å². The van der Waals surface area contributed by atoms with Crippen LogP contribution in [-0.4, -0.2) is 31.8 Å². The first-order valence-corrected chi connectivity index (χ1v) is 12.0. The van der Waals surface area contributed by atoms with E-state index in [4.69, 9.17) is 4.52 Å². The van der Waals surface area contributed by atoms with Crippen LogP contribution in [0.15, 0.2) is 9.32 Å². The Balaban J connectivity index is 1.23. The quantitative estimate of drug-likeness (QED) is 0.535. The van der Waals surface area contributed by atoms with Crippen molar-refractivity contribution in [2.75, 3.05) is 5.75 Å². The van der Waals surface area contributed by atoms with Gasteiger partial charge in [-0.2, -0.15) is 16.7 Å². The van der Waals surface area contributed by atoms with Crippen molar-refractivity contribution in [3.05, 3.63) is 38.3 Å². The third kappa shape index (κ3) is 4.59. The van der Waals surface area contributed by atoms with E-state index in [0.717, 1.165) is 29.5 Å². The molecular formula is C20H25N5O3S2. The highest BCUT2D eigenvalue weighted by molar-refractivity contribution is 7.98. The van der Waals surface area contributed by atoms with E-state index < -0.39 is 0 Å². The molecule has 0 saturated carbocycles. The fourth-order valence-corrected chi connectivity index (χ4v) is 5.43. The largest absolute Gasteiger partial charge is 0.349 e. The molecule has 0 radical (unpaired) electrons. The molecule has 2 N–H and O–H groups in total. The molecule has 1 aliphatic rings. The summed E-state index contributed by atoms with van der Waals surface area (Å²) >= 11 is 3.22. The molecule has 160 valence electrons. The van der Waals surface area contributed by atoms with Gasteiger partial charge in [-0.25, -0.2) is 4.98 Å². The van der Waals surface area contributed by atoms with Crippen LogP contribution in [0, 0.1) is 0 Å². The lowest BCUT2D eigenvalue weighted by Crippen LogP contribution is -2.23. The van der Waals surface area contributed by atoms with E-state index in [-0.39, 0.29) is 23.4 Å². The number of aromatic nitrogens is 4. The monoisotopic (exact) mass is 447 g/mol. The molecule has 0 atom stereocenters. The van der Waals surface area contributed by atoms with Crippen LogP contribution < -0.4 is 10.9 Å². The molecule has 1 aliphatic carbocycles.